The quantitative estimate of drug-likeness (QED) is 0.0970. The van der Waals surface area contributed by atoms with Crippen molar-refractivity contribution in [3.8, 4) is 107 Å². The molecular weight excluding hydrogens is 1430 g/mol. The Labute approximate surface area is 700 Å². The van der Waals surface area contributed by atoms with Crippen LogP contribution in [0.2, 0.25) is 0 Å². The third-order valence-electron chi connectivity index (χ3n) is 29.3. The van der Waals surface area contributed by atoms with E-state index in [1.165, 1.54) is 303 Å². The van der Waals surface area contributed by atoms with Crippen molar-refractivity contribution in [1.29, 1.82) is 0 Å². The molecule has 6 heterocycles. The number of hydrogen-bond donors (Lipinski definition) is 0. The zero-order valence-electron chi connectivity index (χ0n) is 69.2. The van der Waals surface area contributed by atoms with Crippen LogP contribution in [-0.2, 0) is 19.6 Å². The first-order valence-electron chi connectivity index (χ1n) is 46.1. The highest BCUT2D eigenvalue weighted by molar-refractivity contribution is 5.88. The van der Waals surface area contributed by atoms with E-state index < -0.39 is 0 Å². The Morgan fingerprint density at radius 1 is 0.203 bits per heavy atom. The summed E-state index contributed by atoms with van der Waals surface area (Å²) in [5, 5.41) is 0. The largest absolute Gasteiger partial charge is 0.294 e. The van der Waals surface area contributed by atoms with Gasteiger partial charge in [0, 0.05) is 50.1 Å². The summed E-state index contributed by atoms with van der Waals surface area (Å²) in [6, 6.07) is 93.4. The molecule has 6 aliphatic carbocycles. The first-order chi connectivity index (χ1) is 58.6. The van der Waals surface area contributed by atoms with Gasteiger partial charge in [0.15, 0.2) is 0 Å². The fourth-order valence-electron chi connectivity index (χ4n) is 23.8. The first-order valence-corrected chi connectivity index (χ1v) is 46.1. The Bertz CT molecular complexity index is 5730. The van der Waals surface area contributed by atoms with Crippen LogP contribution in [0.5, 0.6) is 0 Å². The lowest BCUT2D eigenvalue weighted by atomic mass is 9.73. The summed E-state index contributed by atoms with van der Waals surface area (Å²) < 4.78 is 15.3. The first kappa shape index (κ1) is 74.6. The van der Waals surface area contributed by atoms with Gasteiger partial charge in [-0.15, -0.1) is 0 Å². The summed E-state index contributed by atoms with van der Waals surface area (Å²) in [4.78, 5) is 0. The van der Waals surface area contributed by atoms with Gasteiger partial charge in [0.1, 0.15) is 73.9 Å². The molecular formula is C112H115N6+3. The summed E-state index contributed by atoms with van der Waals surface area (Å²) in [6.07, 6.45) is 51.3. The minimum absolute atomic E-state index is 0.579. The molecule has 23 rings (SSSR count). The van der Waals surface area contributed by atoms with E-state index in [1.54, 1.807) is 33.4 Å². The number of rotatable bonds is 14. The molecule has 118 heavy (non-hydrogen) atoms. The second-order valence-electron chi connectivity index (χ2n) is 36.2. The minimum atomic E-state index is 0.579. The maximum atomic E-state index is 2.64. The van der Waals surface area contributed by atoms with E-state index >= 15 is 0 Å². The molecule has 6 saturated carbocycles. The molecule has 0 N–H and O–H groups in total. The van der Waals surface area contributed by atoms with Crippen LogP contribution in [-0.4, -0.2) is 13.7 Å². The van der Waals surface area contributed by atoms with E-state index in [0.717, 1.165) is 19.6 Å². The standard InChI is InChI=1S/C40H41N2.C38H37N2.C34H37N2/c1-5-15-29(16-6-1)35-27-36(30-17-7-2-8-18-30)38(32-21-11-4-12-22-32)39(37(35)31-19-9-3-10-20-31)42-26-25-41-28-33-23-13-14-24-34(33)40(41)42;1-3-13-27(14-4-1)33-25-34(28-15-5-2-6-16-28)36(30-19-9-10-20-30)37(35(33)29-17-7-8-18-29)40-24-23-39-26-31-21-11-12-22-32(31)38(39)40;1-4-12-25(13-5-1)29-20-21-30(26-14-6-2-7-15-26)33(32(29)27-16-8-3-9-17-27)36-23-22-35-24-28-18-10-11-19-31(28)34(35)36/h1-2,5-8,13-18,23-27,31-32H,3-4,9-12,19-22,28H2;1-6,11-16,21-25,29-30H,7-10,17-20,26H2;1,4-5,10-13,18-23,26-27H,2-3,6-9,14-17,24H2/q3*+1. The molecule has 6 fully saturated rings. The zero-order chi connectivity index (χ0) is 78.2. The van der Waals surface area contributed by atoms with E-state index in [9.17, 15) is 0 Å². The molecule has 0 atom stereocenters. The third kappa shape index (κ3) is 14.1. The molecule has 0 spiro atoms. The highest BCUT2D eigenvalue weighted by atomic mass is 15.2. The van der Waals surface area contributed by atoms with Crippen LogP contribution < -0.4 is 13.7 Å². The summed E-state index contributed by atoms with van der Waals surface area (Å²) >= 11 is 0. The van der Waals surface area contributed by atoms with E-state index in [2.05, 4.69) is 313 Å². The average Bonchev–Trinajstić information content (AvgIpc) is 1.59. The van der Waals surface area contributed by atoms with Crippen LogP contribution in [0.1, 0.15) is 265 Å². The highest BCUT2D eigenvalue weighted by Crippen LogP contribution is 2.56. The molecule has 0 saturated heterocycles. The smallest absolute Gasteiger partial charge is 0.225 e. The van der Waals surface area contributed by atoms with Crippen molar-refractivity contribution < 1.29 is 13.7 Å². The lowest BCUT2D eigenvalue weighted by Crippen LogP contribution is -2.30. The second-order valence-corrected chi connectivity index (χ2v) is 36.2. The van der Waals surface area contributed by atoms with Gasteiger partial charge >= 0.3 is 0 Å². The average molecular weight is 1550 g/mol. The SMILES string of the molecule is c1ccc(-c2cc(-c3ccccc3)c(C3CCCC3)c(-n3cc[n+]4c3-c3ccccc3C4)c2C2CCCC2)cc1.c1ccc(-c2cc(-c3ccccc3)c(C3CCCCC3)c(-n3cc[n+]4c3-c3ccccc3C4)c2C2CCCCC2)cc1.c1ccc(-c2ccc(C3CCCCC3)c(-n3cc[n+]4c3-c3ccccc3C4)c2C2CCCCC2)cc1. The van der Waals surface area contributed by atoms with Crippen molar-refractivity contribution in [2.75, 3.05) is 0 Å². The number of imidazole rings is 3. The van der Waals surface area contributed by atoms with E-state index in [0.29, 0.717) is 35.5 Å². The molecule has 0 radical (unpaired) electrons. The van der Waals surface area contributed by atoms with E-state index in [-0.39, 0.29) is 0 Å². The number of fused-ring (bicyclic) bond motifs is 9. The molecule has 590 valence electrons. The Morgan fingerprint density at radius 2 is 0.441 bits per heavy atom. The molecule has 3 aliphatic heterocycles. The van der Waals surface area contributed by atoms with Crippen LogP contribution in [0.15, 0.2) is 286 Å². The Kier molecular flexibility index (Phi) is 21.1. The molecule has 11 aromatic carbocycles. The van der Waals surface area contributed by atoms with Crippen molar-refractivity contribution in [2.45, 2.75) is 235 Å². The van der Waals surface area contributed by atoms with Crippen LogP contribution in [0, 0.1) is 0 Å². The molecule has 3 aromatic heterocycles. The maximum absolute atomic E-state index is 2.64. The topological polar surface area (TPSA) is 26.4 Å². The van der Waals surface area contributed by atoms with Gasteiger partial charge in [-0.05, 0) is 199 Å². The molecule has 6 heteroatoms. The van der Waals surface area contributed by atoms with Crippen LogP contribution in [0.4, 0.5) is 0 Å². The lowest BCUT2D eigenvalue weighted by Gasteiger charge is -2.32. The second kappa shape index (κ2) is 33.4. The van der Waals surface area contributed by atoms with Gasteiger partial charge < -0.3 is 0 Å². The molecule has 14 aromatic rings. The van der Waals surface area contributed by atoms with Crippen molar-refractivity contribution in [3.63, 3.8) is 0 Å². The minimum Gasteiger partial charge on any atom is -0.225 e. The van der Waals surface area contributed by atoms with Gasteiger partial charge in [0.05, 0.1) is 16.7 Å². The lowest BCUT2D eigenvalue weighted by molar-refractivity contribution is -0.671. The normalized spacial score (nSPS) is 17.4. The zero-order valence-corrected chi connectivity index (χ0v) is 69.2. The summed E-state index contributed by atoms with van der Waals surface area (Å²) in [7, 11) is 0. The van der Waals surface area contributed by atoms with Crippen LogP contribution in [0.25, 0.3) is 107 Å². The van der Waals surface area contributed by atoms with Crippen molar-refractivity contribution >= 4 is 0 Å². The molecule has 0 amide bonds. The van der Waals surface area contributed by atoms with Gasteiger partial charge in [0.25, 0.3) is 17.5 Å². The monoisotopic (exact) mass is 1540 g/mol. The van der Waals surface area contributed by atoms with Gasteiger partial charge in [0.2, 0.25) is 0 Å². The third-order valence-corrected chi connectivity index (χ3v) is 29.3. The van der Waals surface area contributed by atoms with Gasteiger partial charge in [-0.1, -0.05) is 321 Å². The molecule has 0 unspecified atom stereocenters. The summed E-state index contributed by atoms with van der Waals surface area (Å²) in [5.41, 5.74) is 36.5. The predicted octanol–water partition coefficient (Wildman–Crippen LogP) is 28.2. The maximum Gasteiger partial charge on any atom is 0.294 e. The van der Waals surface area contributed by atoms with Crippen LogP contribution >= 0.6 is 0 Å². The van der Waals surface area contributed by atoms with Crippen molar-refractivity contribution in [1.82, 2.24) is 13.7 Å². The molecule has 9 aliphatic rings. The summed E-state index contributed by atoms with van der Waals surface area (Å²) in [5.74, 6) is 7.70. The van der Waals surface area contributed by atoms with Crippen molar-refractivity contribution in [3.05, 3.63) is 336 Å². The van der Waals surface area contributed by atoms with E-state index in [4.69, 9.17) is 0 Å². The van der Waals surface area contributed by atoms with Gasteiger partial charge in [-0.2, -0.15) is 13.7 Å². The Hall–Kier alpha value is -11.0. The Balaban J connectivity index is 0.000000110. The van der Waals surface area contributed by atoms with Crippen molar-refractivity contribution in [2.24, 2.45) is 0 Å². The van der Waals surface area contributed by atoms with Crippen LogP contribution in [0.3, 0.4) is 0 Å². The van der Waals surface area contributed by atoms with E-state index in [1.807, 2.05) is 0 Å². The number of nitrogens with zero attached hydrogens (tertiary/aromatic N) is 6. The highest BCUT2D eigenvalue weighted by Gasteiger charge is 2.43. The summed E-state index contributed by atoms with van der Waals surface area (Å²) in [6.45, 7) is 2.90. The number of benzene rings is 11. The fraction of sp³-hybridized carbons (Fsp3) is 0.330. The predicted molar refractivity (Wildman–Crippen MR) is 484 cm³/mol. The number of aromatic nitrogens is 6. The molecule has 6 nitrogen and oxygen atoms in total. The fourth-order valence-corrected chi connectivity index (χ4v) is 23.8. The van der Waals surface area contributed by atoms with Gasteiger partial charge in [-0.3, -0.25) is 0 Å². The number of hydrogen-bond acceptors (Lipinski definition) is 0. The Morgan fingerprint density at radius 3 is 0.737 bits per heavy atom. The molecule has 0 bridgehead atoms. The van der Waals surface area contributed by atoms with Gasteiger partial charge in [-0.25, -0.2) is 13.7 Å².